The smallest absolute Gasteiger partial charge is 0.251 e. The molecule has 1 N–H and O–H groups in total. The second kappa shape index (κ2) is 9.48. The second-order valence-corrected chi connectivity index (χ2v) is 8.06. The van der Waals surface area contributed by atoms with Crippen LogP contribution in [0.5, 0.6) is 0 Å². The first kappa shape index (κ1) is 17.7. The zero-order valence-corrected chi connectivity index (χ0v) is 15.1. The van der Waals surface area contributed by atoms with Crippen molar-refractivity contribution in [3.63, 3.8) is 0 Å². The van der Waals surface area contributed by atoms with Crippen LogP contribution >= 0.6 is 23.5 Å². The third-order valence-electron chi connectivity index (χ3n) is 3.90. The Morgan fingerprint density at radius 1 is 1.18 bits per heavy atom. The van der Waals surface area contributed by atoms with Crippen LogP contribution in [0, 0.1) is 0 Å². The lowest BCUT2D eigenvalue weighted by Crippen LogP contribution is -2.29. The molecule has 0 bridgehead atoms. The number of nitrogens with one attached hydrogen (secondary N) is 1. The molecule has 0 saturated carbocycles. The quantitative estimate of drug-likeness (QED) is 0.734. The minimum absolute atomic E-state index is 0.0397. The summed E-state index contributed by atoms with van der Waals surface area (Å²) >= 11 is 3.98. The summed E-state index contributed by atoms with van der Waals surface area (Å²) in [7, 11) is 0. The van der Waals surface area contributed by atoms with E-state index in [1.807, 2.05) is 35.7 Å². The summed E-state index contributed by atoms with van der Waals surface area (Å²) in [6.45, 7) is 8.27. The Labute approximate surface area is 142 Å². The van der Waals surface area contributed by atoms with Gasteiger partial charge in [-0.2, -0.15) is 0 Å². The third kappa shape index (κ3) is 5.21. The van der Waals surface area contributed by atoms with Crippen molar-refractivity contribution in [3.05, 3.63) is 35.4 Å². The molecule has 1 aliphatic heterocycles. The van der Waals surface area contributed by atoms with Gasteiger partial charge in [0.2, 0.25) is 0 Å². The molecule has 3 nitrogen and oxygen atoms in total. The Balaban J connectivity index is 1.75. The average Bonchev–Trinajstić information content (AvgIpc) is 3.09. The molecule has 1 aromatic rings. The van der Waals surface area contributed by atoms with E-state index in [9.17, 15) is 4.79 Å². The predicted octanol–water partition coefficient (Wildman–Crippen LogP) is 3.63. The van der Waals surface area contributed by atoms with Gasteiger partial charge in [0.05, 0.1) is 4.58 Å². The number of benzene rings is 1. The van der Waals surface area contributed by atoms with Gasteiger partial charge in [0.1, 0.15) is 0 Å². The lowest BCUT2D eigenvalue weighted by Gasteiger charge is -2.17. The average molecular weight is 339 g/mol. The van der Waals surface area contributed by atoms with Gasteiger partial charge in [-0.25, -0.2) is 0 Å². The number of carbonyl (C=O) groups is 1. The topological polar surface area (TPSA) is 32.3 Å². The van der Waals surface area contributed by atoms with Crippen LogP contribution in [0.3, 0.4) is 0 Å². The molecule has 1 saturated heterocycles. The monoisotopic (exact) mass is 338 g/mol. The molecule has 0 unspecified atom stereocenters. The number of nitrogens with zero attached hydrogens (tertiary/aromatic N) is 1. The standard InChI is InChI=1S/C17H26N2OS2/c1-3-19(4-2)11-5-10-18-16(20)14-6-8-15(9-7-14)17-21-12-13-22-17/h6-9,17H,3-5,10-13H2,1-2H3,(H,18,20). The van der Waals surface area contributed by atoms with E-state index < -0.39 is 0 Å². The Morgan fingerprint density at radius 3 is 2.41 bits per heavy atom. The first-order chi connectivity index (χ1) is 10.7. The Morgan fingerprint density at radius 2 is 1.82 bits per heavy atom. The summed E-state index contributed by atoms with van der Waals surface area (Å²) in [5.41, 5.74) is 2.09. The van der Waals surface area contributed by atoms with Gasteiger partial charge in [0.25, 0.3) is 5.91 Å². The van der Waals surface area contributed by atoms with Crippen LogP contribution in [-0.2, 0) is 0 Å². The van der Waals surface area contributed by atoms with E-state index in [-0.39, 0.29) is 5.91 Å². The largest absolute Gasteiger partial charge is 0.352 e. The molecule has 1 aliphatic rings. The molecule has 0 radical (unpaired) electrons. The molecule has 22 heavy (non-hydrogen) atoms. The molecule has 1 fully saturated rings. The van der Waals surface area contributed by atoms with E-state index in [0.29, 0.717) is 4.58 Å². The fraction of sp³-hybridized carbons (Fsp3) is 0.588. The van der Waals surface area contributed by atoms with Crippen molar-refractivity contribution in [1.29, 1.82) is 0 Å². The molecule has 0 spiro atoms. The SMILES string of the molecule is CCN(CC)CCCNC(=O)c1ccc(C2SCCS2)cc1. The molecular weight excluding hydrogens is 312 g/mol. The summed E-state index contributed by atoms with van der Waals surface area (Å²) in [6.07, 6.45) is 1.00. The number of amides is 1. The highest BCUT2D eigenvalue weighted by molar-refractivity contribution is 8.19. The number of hydrogen-bond donors (Lipinski definition) is 1. The molecule has 1 aromatic carbocycles. The summed E-state index contributed by atoms with van der Waals surface area (Å²) < 4.78 is 0.547. The van der Waals surface area contributed by atoms with Gasteiger partial charge >= 0.3 is 0 Å². The molecule has 0 aliphatic carbocycles. The fourth-order valence-corrected chi connectivity index (χ4v) is 5.35. The maximum absolute atomic E-state index is 12.1. The van der Waals surface area contributed by atoms with Gasteiger partial charge in [-0.1, -0.05) is 26.0 Å². The summed E-state index contributed by atoms with van der Waals surface area (Å²) in [6, 6.07) is 8.10. The third-order valence-corrected chi connectivity index (χ3v) is 7.00. The molecule has 1 heterocycles. The van der Waals surface area contributed by atoms with Crippen LogP contribution < -0.4 is 5.32 Å². The maximum atomic E-state index is 12.1. The van der Waals surface area contributed by atoms with Crippen molar-refractivity contribution in [2.24, 2.45) is 0 Å². The van der Waals surface area contributed by atoms with Gasteiger partial charge < -0.3 is 10.2 Å². The first-order valence-electron chi connectivity index (χ1n) is 8.08. The van der Waals surface area contributed by atoms with Crippen molar-refractivity contribution in [1.82, 2.24) is 10.2 Å². The molecule has 1 amide bonds. The zero-order chi connectivity index (χ0) is 15.8. The highest BCUT2D eigenvalue weighted by Gasteiger charge is 2.18. The summed E-state index contributed by atoms with van der Waals surface area (Å²) in [5, 5.41) is 3.02. The van der Waals surface area contributed by atoms with Crippen LogP contribution in [0.1, 0.15) is 40.8 Å². The fourth-order valence-electron chi connectivity index (χ4n) is 2.49. The molecule has 0 aromatic heterocycles. The van der Waals surface area contributed by atoms with Crippen LogP contribution in [0.15, 0.2) is 24.3 Å². The van der Waals surface area contributed by atoms with Crippen LogP contribution in [0.4, 0.5) is 0 Å². The van der Waals surface area contributed by atoms with Crippen molar-refractivity contribution < 1.29 is 4.79 Å². The van der Waals surface area contributed by atoms with E-state index in [0.717, 1.165) is 38.2 Å². The van der Waals surface area contributed by atoms with Gasteiger partial charge in [0, 0.05) is 23.6 Å². The highest BCUT2D eigenvalue weighted by atomic mass is 32.2. The Kier molecular flexibility index (Phi) is 7.63. The van der Waals surface area contributed by atoms with E-state index in [4.69, 9.17) is 0 Å². The molecule has 122 valence electrons. The molecule has 5 heteroatoms. The number of hydrogen-bond acceptors (Lipinski definition) is 4. The first-order valence-corrected chi connectivity index (χ1v) is 10.2. The highest BCUT2D eigenvalue weighted by Crippen LogP contribution is 2.45. The van der Waals surface area contributed by atoms with Crippen molar-refractivity contribution >= 4 is 29.4 Å². The van der Waals surface area contributed by atoms with Crippen molar-refractivity contribution in [2.75, 3.05) is 37.7 Å². The van der Waals surface area contributed by atoms with Crippen LogP contribution in [0.25, 0.3) is 0 Å². The minimum Gasteiger partial charge on any atom is -0.352 e. The molecule has 0 atom stereocenters. The van der Waals surface area contributed by atoms with E-state index >= 15 is 0 Å². The molecular formula is C17H26N2OS2. The summed E-state index contributed by atoms with van der Waals surface area (Å²) in [5.74, 6) is 2.49. The Bertz CT molecular complexity index is 454. The number of thioether (sulfide) groups is 2. The normalized spacial score (nSPS) is 15.4. The van der Waals surface area contributed by atoms with Gasteiger partial charge in [-0.05, 0) is 43.8 Å². The van der Waals surface area contributed by atoms with Crippen molar-refractivity contribution in [2.45, 2.75) is 24.9 Å². The van der Waals surface area contributed by atoms with Crippen LogP contribution in [0.2, 0.25) is 0 Å². The second-order valence-electron chi connectivity index (χ2n) is 5.33. The van der Waals surface area contributed by atoms with Gasteiger partial charge in [-0.15, -0.1) is 23.5 Å². The maximum Gasteiger partial charge on any atom is 0.251 e. The lowest BCUT2D eigenvalue weighted by atomic mass is 10.1. The number of carbonyl (C=O) groups excluding carboxylic acids is 1. The van der Waals surface area contributed by atoms with Crippen molar-refractivity contribution in [3.8, 4) is 0 Å². The zero-order valence-electron chi connectivity index (χ0n) is 13.5. The van der Waals surface area contributed by atoms with Gasteiger partial charge in [0.15, 0.2) is 0 Å². The lowest BCUT2D eigenvalue weighted by molar-refractivity contribution is 0.0952. The Hall–Kier alpha value is -0.650. The predicted molar refractivity (Wildman–Crippen MR) is 98.8 cm³/mol. The minimum atomic E-state index is 0.0397. The van der Waals surface area contributed by atoms with E-state index in [2.05, 4.69) is 36.2 Å². The van der Waals surface area contributed by atoms with E-state index in [1.165, 1.54) is 17.1 Å². The summed E-state index contributed by atoms with van der Waals surface area (Å²) in [4.78, 5) is 14.5. The molecule has 2 rings (SSSR count). The number of rotatable bonds is 8. The van der Waals surface area contributed by atoms with Gasteiger partial charge in [-0.3, -0.25) is 4.79 Å². The van der Waals surface area contributed by atoms with Crippen LogP contribution in [-0.4, -0.2) is 48.5 Å². The van der Waals surface area contributed by atoms with E-state index in [1.54, 1.807) is 0 Å².